The number of nitrogens with one attached hydrogen (secondary N) is 1. The molecule has 0 atom stereocenters. The van der Waals surface area contributed by atoms with Crippen molar-refractivity contribution in [3.8, 4) is 11.5 Å². The van der Waals surface area contributed by atoms with Crippen molar-refractivity contribution in [2.75, 3.05) is 20.3 Å². The van der Waals surface area contributed by atoms with Crippen LogP contribution in [0.3, 0.4) is 0 Å². The van der Waals surface area contributed by atoms with Crippen LogP contribution in [0.1, 0.15) is 5.56 Å². The summed E-state index contributed by atoms with van der Waals surface area (Å²) < 4.78 is 75.0. The molecule has 152 valence electrons. The Morgan fingerprint density at radius 3 is 2.43 bits per heavy atom. The minimum Gasteiger partial charge on any atom is -0.497 e. The number of nitro groups is 1. The van der Waals surface area contributed by atoms with E-state index >= 15 is 0 Å². The molecule has 0 spiro atoms. The Morgan fingerprint density at radius 2 is 1.82 bits per heavy atom. The molecule has 0 amide bonds. The van der Waals surface area contributed by atoms with Crippen molar-refractivity contribution in [1.82, 2.24) is 4.72 Å². The van der Waals surface area contributed by atoms with E-state index in [1.807, 2.05) is 0 Å². The largest absolute Gasteiger partial charge is 0.497 e. The molecule has 0 aromatic heterocycles. The summed E-state index contributed by atoms with van der Waals surface area (Å²) in [5.41, 5.74) is -2.49. The number of alkyl halides is 3. The first-order valence-corrected chi connectivity index (χ1v) is 9.15. The summed E-state index contributed by atoms with van der Waals surface area (Å²) in [7, 11) is -2.97. The Kier molecular flexibility index (Phi) is 6.46. The number of sulfonamides is 1. The van der Waals surface area contributed by atoms with E-state index in [1.165, 1.54) is 7.11 Å². The summed E-state index contributed by atoms with van der Waals surface area (Å²) in [6.45, 7) is -0.390. The van der Waals surface area contributed by atoms with Gasteiger partial charge in [0.2, 0.25) is 10.0 Å². The second-order valence-electron chi connectivity index (χ2n) is 5.36. The summed E-state index contributed by atoms with van der Waals surface area (Å²) >= 11 is 0. The summed E-state index contributed by atoms with van der Waals surface area (Å²) in [6.07, 6.45) is -4.84. The van der Waals surface area contributed by atoms with Gasteiger partial charge in [0, 0.05) is 18.7 Å². The number of benzene rings is 2. The molecule has 2 aromatic carbocycles. The number of hydrogen-bond acceptors (Lipinski definition) is 6. The Labute approximate surface area is 158 Å². The first kappa shape index (κ1) is 21.4. The fraction of sp³-hybridized carbons (Fsp3) is 0.250. The zero-order valence-corrected chi connectivity index (χ0v) is 15.2. The van der Waals surface area contributed by atoms with Crippen LogP contribution in [0.15, 0.2) is 47.4 Å². The minimum absolute atomic E-state index is 0.124. The van der Waals surface area contributed by atoms with Crippen molar-refractivity contribution in [1.29, 1.82) is 0 Å². The van der Waals surface area contributed by atoms with Crippen LogP contribution in [-0.2, 0) is 16.2 Å². The van der Waals surface area contributed by atoms with Gasteiger partial charge in [-0.1, -0.05) is 6.07 Å². The molecule has 28 heavy (non-hydrogen) atoms. The van der Waals surface area contributed by atoms with E-state index in [9.17, 15) is 31.7 Å². The highest BCUT2D eigenvalue weighted by Crippen LogP contribution is 2.34. The van der Waals surface area contributed by atoms with Crippen LogP contribution in [0, 0.1) is 10.1 Å². The highest BCUT2D eigenvalue weighted by molar-refractivity contribution is 7.89. The number of rotatable bonds is 8. The normalized spacial score (nSPS) is 11.9. The van der Waals surface area contributed by atoms with E-state index in [4.69, 9.17) is 9.47 Å². The number of halogens is 3. The van der Waals surface area contributed by atoms with Crippen molar-refractivity contribution < 1.29 is 36.0 Å². The van der Waals surface area contributed by atoms with Crippen molar-refractivity contribution in [3.05, 3.63) is 58.1 Å². The van der Waals surface area contributed by atoms with Gasteiger partial charge in [-0.25, -0.2) is 13.1 Å². The molecule has 0 heterocycles. The van der Waals surface area contributed by atoms with Gasteiger partial charge in [0.1, 0.15) is 18.1 Å². The third-order valence-corrected chi connectivity index (χ3v) is 4.98. The lowest BCUT2D eigenvalue weighted by Gasteiger charge is -2.11. The molecule has 0 aliphatic rings. The van der Waals surface area contributed by atoms with E-state index < -0.39 is 37.3 Å². The van der Waals surface area contributed by atoms with Crippen LogP contribution in [0.4, 0.5) is 18.9 Å². The second-order valence-corrected chi connectivity index (χ2v) is 7.10. The Hall–Kier alpha value is -2.86. The van der Waals surface area contributed by atoms with Crippen LogP contribution in [0.5, 0.6) is 11.5 Å². The van der Waals surface area contributed by atoms with Gasteiger partial charge in [-0.05, 0) is 24.3 Å². The number of nitrogens with zero attached hydrogens (tertiary/aromatic N) is 1. The maximum Gasteiger partial charge on any atom is 0.416 e. The molecule has 0 aliphatic heterocycles. The predicted molar refractivity (Wildman–Crippen MR) is 91.8 cm³/mol. The van der Waals surface area contributed by atoms with Gasteiger partial charge < -0.3 is 9.47 Å². The standard InChI is InChI=1S/C16H15F3N2O6S/c1-26-12-3-2-4-13(10-12)27-8-7-20-28(24,25)15-6-5-11(16(17,18)19)9-14(15)21(22)23/h2-6,9-10,20H,7-8H2,1H3. The molecule has 2 aromatic rings. The predicted octanol–water partition coefficient (Wildman–Crippen LogP) is 2.98. The van der Waals surface area contributed by atoms with Gasteiger partial charge in [0.25, 0.3) is 5.69 Å². The highest BCUT2D eigenvalue weighted by atomic mass is 32.2. The van der Waals surface area contributed by atoms with Gasteiger partial charge in [0.05, 0.1) is 17.6 Å². The fourth-order valence-electron chi connectivity index (χ4n) is 2.18. The molecule has 0 saturated carbocycles. The Morgan fingerprint density at radius 1 is 1.14 bits per heavy atom. The molecular weight excluding hydrogens is 405 g/mol. The quantitative estimate of drug-likeness (QED) is 0.400. The van der Waals surface area contributed by atoms with Gasteiger partial charge in [0.15, 0.2) is 4.90 Å². The van der Waals surface area contributed by atoms with E-state index in [2.05, 4.69) is 4.72 Å². The van der Waals surface area contributed by atoms with Crippen LogP contribution in [0.25, 0.3) is 0 Å². The van der Waals surface area contributed by atoms with Gasteiger partial charge in [-0.15, -0.1) is 0 Å². The van der Waals surface area contributed by atoms with Gasteiger partial charge in [-0.2, -0.15) is 13.2 Å². The van der Waals surface area contributed by atoms with E-state index in [0.29, 0.717) is 23.6 Å². The SMILES string of the molecule is COc1cccc(OCCNS(=O)(=O)c2ccc(C(F)(F)F)cc2[N+](=O)[O-])c1. The van der Waals surface area contributed by atoms with Crippen molar-refractivity contribution in [2.24, 2.45) is 0 Å². The fourth-order valence-corrected chi connectivity index (χ4v) is 3.34. The van der Waals surface area contributed by atoms with E-state index in [-0.39, 0.29) is 19.2 Å². The molecule has 0 saturated heterocycles. The summed E-state index contributed by atoms with van der Waals surface area (Å²) in [5.74, 6) is 0.928. The van der Waals surface area contributed by atoms with Crippen LogP contribution in [0.2, 0.25) is 0 Å². The topological polar surface area (TPSA) is 108 Å². The lowest BCUT2D eigenvalue weighted by Crippen LogP contribution is -2.29. The Bertz CT molecular complexity index is 963. The molecule has 0 bridgehead atoms. The third kappa shape index (κ3) is 5.33. The average molecular weight is 420 g/mol. The minimum atomic E-state index is -4.84. The lowest BCUT2D eigenvalue weighted by molar-refractivity contribution is -0.388. The maximum atomic E-state index is 12.7. The first-order chi connectivity index (χ1) is 13.0. The van der Waals surface area contributed by atoms with Crippen LogP contribution >= 0.6 is 0 Å². The zero-order valence-electron chi connectivity index (χ0n) is 14.4. The molecular formula is C16H15F3N2O6S. The third-order valence-electron chi connectivity index (χ3n) is 3.48. The average Bonchev–Trinajstić information content (AvgIpc) is 2.64. The van der Waals surface area contributed by atoms with E-state index in [1.54, 1.807) is 24.3 Å². The lowest BCUT2D eigenvalue weighted by atomic mass is 10.2. The first-order valence-electron chi connectivity index (χ1n) is 7.67. The van der Waals surface area contributed by atoms with Crippen LogP contribution < -0.4 is 14.2 Å². The second kappa shape index (κ2) is 8.44. The number of ether oxygens (including phenoxy) is 2. The van der Waals surface area contributed by atoms with Crippen LogP contribution in [-0.4, -0.2) is 33.6 Å². The van der Waals surface area contributed by atoms with Gasteiger partial charge in [-0.3, -0.25) is 10.1 Å². The zero-order chi connectivity index (χ0) is 20.9. The molecule has 0 unspecified atom stereocenters. The van der Waals surface area contributed by atoms with E-state index in [0.717, 1.165) is 0 Å². The number of hydrogen-bond donors (Lipinski definition) is 1. The molecule has 2 rings (SSSR count). The monoisotopic (exact) mass is 420 g/mol. The summed E-state index contributed by atoms with van der Waals surface area (Å²) in [6, 6.07) is 7.71. The van der Waals surface area contributed by atoms with Crippen molar-refractivity contribution in [3.63, 3.8) is 0 Å². The smallest absolute Gasteiger partial charge is 0.416 e. The molecule has 1 N–H and O–H groups in total. The summed E-state index contributed by atoms with van der Waals surface area (Å²) in [5, 5.41) is 11.0. The molecule has 0 fully saturated rings. The summed E-state index contributed by atoms with van der Waals surface area (Å²) in [4.78, 5) is 8.98. The molecule has 8 nitrogen and oxygen atoms in total. The number of methoxy groups -OCH3 is 1. The molecule has 12 heteroatoms. The van der Waals surface area contributed by atoms with Crippen molar-refractivity contribution in [2.45, 2.75) is 11.1 Å². The highest BCUT2D eigenvalue weighted by Gasteiger charge is 2.35. The molecule has 0 aliphatic carbocycles. The maximum absolute atomic E-state index is 12.7. The van der Waals surface area contributed by atoms with Crippen molar-refractivity contribution >= 4 is 15.7 Å². The van der Waals surface area contributed by atoms with Gasteiger partial charge >= 0.3 is 6.18 Å². The number of nitro benzene ring substituents is 1. The Balaban J connectivity index is 2.10. The molecule has 0 radical (unpaired) electrons.